The van der Waals surface area contributed by atoms with Gasteiger partial charge >= 0.3 is 0 Å². The van der Waals surface area contributed by atoms with Gasteiger partial charge in [0.15, 0.2) is 0 Å². The van der Waals surface area contributed by atoms with Crippen molar-refractivity contribution in [2.24, 2.45) is 0 Å². The van der Waals surface area contributed by atoms with E-state index in [0.29, 0.717) is 12.6 Å². The second kappa shape index (κ2) is 13.3. The second-order valence-corrected chi connectivity index (χ2v) is 10.3. The number of nitrogens with zero attached hydrogens (tertiary/aromatic N) is 5. The van der Waals surface area contributed by atoms with Gasteiger partial charge in [-0.3, -0.25) is 19.2 Å². The SMILES string of the molecule is COc1ccccc1N1CCN(CCn2cnc3sc4c(c3c2=O)CCN(C(C)C)C4)CC1.Cl.Cl.Cl. The van der Waals surface area contributed by atoms with E-state index >= 15 is 0 Å². The summed E-state index contributed by atoms with van der Waals surface area (Å²) in [4.78, 5) is 27.5. The van der Waals surface area contributed by atoms with Gasteiger partial charge in [-0.2, -0.15) is 0 Å². The van der Waals surface area contributed by atoms with Crippen molar-refractivity contribution >= 4 is 64.5 Å². The molecule has 0 N–H and O–H groups in total. The molecule has 4 heterocycles. The van der Waals surface area contributed by atoms with Gasteiger partial charge in [0.2, 0.25) is 0 Å². The Kier molecular flexibility index (Phi) is 11.3. The minimum atomic E-state index is 0. The molecular weight excluding hydrogens is 541 g/mol. The van der Waals surface area contributed by atoms with Gasteiger partial charge in [0.05, 0.1) is 24.5 Å². The Hall–Kier alpha value is -1.55. The first-order chi connectivity index (χ1) is 16.0. The fraction of sp³-hybridized carbons (Fsp3) is 0.520. The third-order valence-electron chi connectivity index (χ3n) is 7.04. The van der Waals surface area contributed by atoms with Gasteiger partial charge < -0.3 is 9.64 Å². The normalized spacial score (nSPS) is 16.2. The molecule has 11 heteroatoms. The molecule has 2 aromatic heterocycles. The average Bonchev–Trinajstić information content (AvgIpc) is 3.22. The number of anilines is 1. The second-order valence-electron chi connectivity index (χ2n) is 9.24. The Morgan fingerprint density at radius 2 is 1.75 bits per heavy atom. The van der Waals surface area contributed by atoms with E-state index in [-0.39, 0.29) is 42.8 Å². The lowest BCUT2D eigenvalue weighted by atomic mass is 10.0. The van der Waals surface area contributed by atoms with Crippen LogP contribution in [0.5, 0.6) is 5.75 Å². The van der Waals surface area contributed by atoms with Crippen LogP contribution in [0.25, 0.3) is 10.2 Å². The maximum atomic E-state index is 13.3. The molecule has 2 aliphatic rings. The number of ether oxygens (including phenoxy) is 1. The zero-order chi connectivity index (χ0) is 22.9. The first-order valence-corrected chi connectivity index (χ1v) is 12.7. The highest BCUT2D eigenvalue weighted by molar-refractivity contribution is 7.18. The molecule has 2 aliphatic heterocycles. The molecule has 0 atom stereocenters. The average molecular weight is 577 g/mol. The minimum absolute atomic E-state index is 0. The molecule has 1 fully saturated rings. The number of thiophene rings is 1. The van der Waals surface area contributed by atoms with E-state index in [1.54, 1.807) is 24.8 Å². The molecular formula is C25H36Cl3N5O2S. The highest BCUT2D eigenvalue weighted by atomic mass is 35.5. The summed E-state index contributed by atoms with van der Waals surface area (Å²) < 4.78 is 7.34. The largest absolute Gasteiger partial charge is 0.495 e. The van der Waals surface area contributed by atoms with Crippen LogP contribution in [-0.4, -0.2) is 71.8 Å². The maximum absolute atomic E-state index is 13.3. The maximum Gasteiger partial charge on any atom is 0.262 e. The third-order valence-corrected chi connectivity index (χ3v) is 8.17. The number of halogens is 3. The lowest BCUT2D eigenvalue weighted by molar-refractivity contribution is 0.206. The van der Waals surface area contributed by atoms with Crippen LogP contribution >= 0.6 is 48.6 Å². The molecule has 0 amide bonds. The van der Waals surface area contributed by atoms with Crippen LogP contribution < -0.4 is 15.2 Å². The Labute approximate surface area is 235 Å². The van der Waals surface area contributed by atoms with Crippen molar-refractivity contribution in [3.8, 4) is 5.75 Å². The Bertz CT molecular complexity index is 1190. The standard InChI is InChI=1S/C25H33N5O2S.3ClH/c1-18(2)29-9-8-19-22(16-29)33-24-23(19)25(31)30(17-26-24)15-12-27-10-13-28(14-11-27)20-6-4-5-7-21(20)32-3;;;/h4-7,17-18H,8-16H2,1-3H3;3*1H. The van der Waals surface area contributed by atoms with E-state index in [0.717, 1.165) is 73.9 Å². The quantitative estimate of drug-likeness (QED) is 0.436. The number of hydrogen-bond acceptors (Lipinski definition) is 7. The lowest BCUT2D eigenvalue weighted by Crippen LogP contribution is -2.47. The van der Waals surface area contributed by atoms with Crippen molar-refractivity contribution in [1.82, 2.24) is 19.4 Å². The summed E-state index contributed by atoms with van der Waals surface area (Å²) in [7, 11) is 1.72. The molecule has 0 unspecified atom stereocenters. The molecule has 0 aliphatic carbocycles. The van der Waals surface area contributed by atoms with Crippen LogP contribution in [-0.2, 0) is 19.5 Å². The molecule has 200 valence electrons. The van der Waals surface area contributed by atoms with Gasteiger partial charge in [0, 0.05) is 63.3 Å². The summed E-state index contributed by atoms with van der Waals surface area (Å²) in [5.74, 6) is 0.924. The van der Waals surface area contributed by atoms with Crippen molar-refractivity contribution in [3.05, 3.63) is 51.4 Å². The smallest absolute Gasteiger partial charge is 0.262 e. The van der Waals surface area contributed by atoms with Crippen molar-refractivity contribution < 1.29 is 4.74 Å². The number of fused-ring (bicyclic) bond motifs is 3. The monoisotopic (exact) mass is 575 g/mol. The lowest BCUT2D eigenvalue weighted by Gasteiger charge is -2.36. The van der Waals surface area contributed by atoms with Crippen LogP contribution in [0.3, 0.4) is 0 Å². The minimum Gasteiger partial charge on any atom is -0.495 e. The number of hydrogen-bond donors (Lipinski definition) is 0. The number of methoxy groups -OCH3 is 1. The molecule has 1 aromatic carbocycles. The van der Waals surface area contributed by atoms with E-state index in [1.165, 1.54) is 10.4 Å². The zero-order valence-electron chi connectivity index (χ0n) is 21.0. The number of rotatable bonds is 6. The van der Waals surface area contributed by atoms with Gasteiger partial charge in [-0.25, -0.2) is 4.98 Å². The van der Waals surface area contributed by atoms with E-state index in [4.69, 9.17) is 4.74 Å². The van der Waals surface area contributed by atoms with Crippen molar-refractivity contribution in [3.63, 3.8) is 0 Å². The predicted molar refractivity (Wildman–Crippen MR) is 157 cm³/mol. The van der Waals surface area contributed by atoms with Gasteiger partial charge in [0.25, 0.3) is 5.56 Å². The summed E-state index contributed by atoms with van der Waals surface area (Å²) in [6.45, 7) is 11.8. The van der Waals surface area contributed by atoms with Gasteiger partial charge in [-0.1, -0.05) is 12.1 Å². The first-order valence-electron chi connectivity index (χ1n) is 11.9. The van der Waals surface area contributed by atoms with E-state index < -0.39 is 0 Å². The van der Waals surface area contributed by atoms with Crippen molar-refractivity contribution in [2.75, 3.05) is 51.3 Å². The zero-order valence-corrected chi connectivity index (χ0v) is 24.3. The summed E-state index contributed by atoms with van der Waals surface area (Å²) in [5.41, 5.74) is 2.52. The molecule has 36 heavy (non-hydrogen) atoms. The number of aromatic nitrogens is 2. The van der Waals surface area contributed by atoms with Crippen LogP contribution in [0.1, 0.15) is 24.3 Å². The van der Waals surface area contributed by atoms with E-state index in [2.05, 4.69) is 45.7 Å². The number of para-hydroxylation sites is 2. The molecule has 7 nitrogen and oxygen atoms in total. The Morgan fingerprint density at radius 3 is 2.44 bits per heavy atom. The van der Waals surface area contributed by atoms with Crippen LogP contribution in [0.2, 0.25) is 0 Å². The Morgan fingerprint density at radius 1 is 1.03 bits per heavy atom. The number of piperazine rings is 1. The molecule has 3 aromatic rings. The third kappa shape index (κ3) is 6.11. The van der Waals surface area contributed by atoms with Gasteiger partial charge in [-0.15, -0.1) is 48.6 Å². The van der Waals surface area contributed by atoms with Crippen LogP contribution in [0, 0.1) is 0 Å². The summed E-state index contributed by atoms with van der Waals surface area (Å²) in [6.07, 6.45) is 2.69. The van der Waals surface area contributed by atoms with Crippen molar-refractivity contribution in [1.29, 1.82) is 0 Å². The number of benzene rings is 1. The van der Waals surface area contributed by atoms with E-state index in [1.807, 2.05) is 16.7 Å². The van der Waals surface area contributed by atoms with Crippen LogP contribution in [0.4, 0.5) is 5.69 Å². The van der Waals surface area contributed by atoms with Crippen LogP contribution in [0.15, 0.2) is 35.4 Å². The fourth-order valence-corrected chi connectivity index (χ4v) is 6.19. The molecule has 0 bridgehead atoms. The molecule has 5 rings (SSSR count). The van der Waals surface area contributed by atoms with Gasteiger partial charge in [0.1, 0.15) is 10.6 Å². The molecule has 1 saturated heterocycles. The van der Waals surface area contributed by atoms with Crippen molar-refractivity contribution in [2.45, 2.75) is 39.4 Å². The summed E-state index contributed by atoms with van der Waals surface area (Å²) in [5, 5.41) is 0.863. The van der Waals surface area contributed by atoms with Gasteiger partial charge in [-0.05, 0) is 38.0 Å². The first kappa shape index (κ1) is 30.7. The molecule has 0 radical (unpaired) electrons. The Balaban J connectivity index is 0.00000152. The summed E-state index contributed by atoms with van der Waals surface area (Å²) in [6, 6.07) is 8.73. The highest BCUT2D eigenvalue weighted by Crippen LogP contribution is 2.33. The molecule has 0 saturated carbocycles. The van der Waals surface area contributed by atoms with E-state index in [9.17, 15) is 4.79 Å². The molecule has 0 spiro atoms. The summed E-state index contributed by atoms with van der Waals surface area (Å²) >= 11 is 1.70. The fourth-order valence-electron chi connectivity index (χ4n) is 4.99. The highest BCUT2D eigenvalue weighted by Gasteiger charge is 2.25. The topological polar surface area (TPSA) is 53.8 Å². The predicted octanol–water partition coefficient (Wildman–Crippen LogP) is 4.32.